The van der Waals surface area contributed by atoms with Crippen LogP contribution in [0.2, 0.25) is 0 Å². The van der Waals surface area contributed by atoms with Gasteiger partial charge in [-0.05, 0) is 0 Å². The number of hydrogen-bond acceptors (Lipinski definition) is 6. The number of carbonyl (C=O) groups is 3. The van der Waals surface area contributed by atoms with Gasteiger partial charge in [0.1, 0.15) is 6.61 Å². The van der Waals surface area contributed by atoms with Crippen LogP contribution in [-0.2, 0) is 28.4 Å². The van der Waals surface area contributed by atoms with Crippen molar-refractivity contribution in [3.63, 3.8) is 0 Å². The molecule has 1 atom stereocenters. The maximum absolute atomic E-state index is 11.2. The fraction of sp³-hybridized carbons (Fsp3) is 0.571. The van der Waals surface area contributed by atoms with Gasteiger partial charge < -0.3 is 24.4 Å². The van der Waals surface area contributed by atoms with Gasteiger partial charge in [-0.2, -0.15) is 0 Å². The van der Waals surface area contributed by atoms with Gasteiger partial charge in [0.25, 0.3) is 12.9 Å². The lowest BCUT2D eigenvalue weighted by atomic mass is 10.1. The van der Waals surface area contributed by atoms with Crippen molar-refractivity contribution in [2.75, 3.05) is 13.2 Å². The molecule has 0 aliphatic rings. The number of carbonyl (C=O) groups excluding carboxylic acids is 2. The van der Waals surface area contributed by atoms with Crippen LogP contribution in [0.15, 0.2) is 0 Å². The van der Waals surface area contributed by atoms with Gasteiger partial charge >= 0.3 is 13.6 Å². The maximum atomic E-state index is 11.2. The van der Waals surface area contributed by atoms with Gasteiger partial charge in [0.15, 0.2) is 0 Å². The standard InChI is InChI=1S/C7H11O9P/c8-4-15-2-1-7(6(10)11,3-16-5-9)17(12,13)14/h4-5H,1-3H2,(H,10,11)(H2,12,13,14). The van der Waals surface area contributed by atoms with Gasteiger partial charge in [0, 0.05) is 6.42 Å². The third-order valence-electron chi connectivity index (χ3n) is 2.05. The van der Waals surface area contributed by atoms with Crippen molar-refractivity contribution < 1.29 is 43.3 Å². The molecule has 0 saturated heterocycles. The third kappa shape index (κ3) is 3.81. The van der Waals surface area contributed by atoms with E-state index in [4.69, 9.17) is 14.9 Å². The summed E-state index contributed by atoms with van der Waals surface area (Å²) in [6.45, 7) is -1.66. The van der Waals surface area contributed by atoms with E-state index in [1.807, 2.05) is 0 Å². The molecule has 1 unspecified atom stereocenters. The summed E-state index contributed by atoms with van der Waals surface area (Å²) < 4.78 is 19.5. The predicted octanol–water partition coefficient (Wildman–Crippen LogP) is -1.28. The van der Waals surface area contributed by atoms with E-state index < -0.39 is 38.4 Å². The Labute approximate surface area is 95.5 Å². The first-order valence-electron chi connectivity index (χ1n) is 4.21. The Bertz CT molecular complexity index is 334. The molecule has 0 spiro atoms. The predicted molar refractivity (Wildman–Crippen MR) is 51.1 cm³/mol. The molecule has 0 amide bonds. The highest BCUT2D eigenvalue weighted by atomic mass is 31.2. The summed E-state index contributed by atoms with van der Waals surface area (Å²) in [5.74, 6) is -1.85. The highest BCUT2D eigenvalue weighted by molar-refractivity contribution is 7.54. The fourth-order valence-corrected chi connectivity index (χ4v) is 1.92. The minimum atomic E-state index is -5.11. The first-order chi connectivity index (χ1) is 7.81. The van der Waals surface area contributed by atoms with Crippen molar-refractivity contribution in [1.82, 2.24) is 0 Å². The average molecular weight is 270 g/mol. The molecule has 0 saturated carbocycles. The summed E-state index contributed by atoms with van der Waals surface area (Å²) in [6.07, 6.45) is -0.681. The van der Waals surface area contributed by atoms with Crippen LogP contribution in [0.1, 0.15) is 6.42 Å². The number of hydrogen-bond donors (Lipinski definition) is 3. The largest absolute Gasteiger partial charge is 0.480 e. The molecule has 0 rings (SSSR count). The molecule has 3 N–H and O–H groups in total. The molecule has 0 heterocycles. The lowest BCUT2D eigenvalue weighted by molar-refractivity contribution is -0.146. The number of ether oxygens (including phenoxy) is 2. The summed E-state index contributed by atoms with van der Waals surface area (Å²) in [4.78, 5) is 48.8. The Morgan fingerprint density at radius 1 is 1.24 bits per heavy atom. The summed E-state index contributed by atoms with van der Waals surface area (Å²) in [5, 5.41) is 6.24. The van der Waals surface area contributed by atoms with E-state index in [0.29, 0.717) is 0 Å². The Kier molecular flexibility index (Phi) is 5.80. The van der Waals surface area contributed by atoms with Crippen LogP contribution in [0, 0.1) is 0 Å². The molecule has 0 radical (unpaired) electrons. The van der Waals surface area contributed by atoms with Crippen molar-refractivity contribution in [2.24, 2.45) is 0 Å². The molecule has 0 aromatic heterocycles. The monoisotopic (exact) mass is 270 g/mol. The molecular formula is C7H11O9P. The smallest absolute Gasteiger partial charge is 0.346 e. The SMILES string of the molecule is O=COCCC(COC=O)(C(=O)O)P(=O)(O)O. The summed E-state index contributed by atoms with van der Waals surface area (Å²) >= 11 is 0. The van der Waals surface area contributed by atoms with Crippen LogP contribution in [0.5, 0.6) is 0 Å². The quantitative estimate of drug-likeness (QED) is 0.264. The van der Waals surface area contributed by atoms with Crippen LogP contribution in [0.4, 0.5) is 0 Å². The lowest BCUT2D eigenvalue weighted by Crippen LogP contribution is -2.44. The van der Waals surface area contributed by atoms with Crippen LogP contribution in [0.25, 0.3) is 0 Å². The van der Waals surface area contributed by atoms with Gasteiger partial charge in [-0.3, -0.25) is 18.9 Å². The Balaban J connectivity index is 5.10. The molecule has 0 bridgehead atoms. The zero-order valence-corrected chi connectivity index (χ0v) is 9.41. The number of carboxylic acids is 1. The minimum absolute atomic E-state index is 0.00681. The normalized spacial score (nSPS) is 14.5. The van der Waals surface area contributed by atoms with Gasteiger partial charge in [-0.1, -0.05) is 0 Å². The van der Waals surface area contributed by atoms with Crippen LogP contribution in [0.3, 0.4) is 0 Å². The molecule has 9 nitrogen and oxygen atoms in total. The number of aliphatic carboxylic acids is 1. The zero-order chi connectivity index (χ0) is 13.5. The van der Waals surface area contributed by atoms with Gasteiger partial charge in [-0.15, -0.1) is 0 Å². The van der Waals surface area contributed by atoms with Crippen molar-refractivity contribution >= 4 is 26.5 Å². The number of rotatable bonds is 9. The second kappa shape index (κ2) is 6.33. The molecule has 0 aromatic carbocycles. The highest BCUT2D eigenvalue weighted by Gasteiger charge is 2.54. The maximum Gasteiger partial charge on any atom is 0.346 e. The van der Waals surface area contributed by atoms with E-state index in [-0.39, 0.29) is 12.9 Å². The van der Waals surface area contributed by atoms with Crippen molar-refractivity contribution in [3.05, 3.63) is 0 Å². The topological polar surface area (TPSA) is 147 Å². The molecule has 10 heteroatoms. The van der Waals surface area contributed by atoms with Crippen molar-refractivity contribution in [2.45, 2.75) is 11.6 Å². The average Bonchev–Trinajstić information content (AvgIpc) is 2.21. The molecule has 17 heavy (non-hydrogen) atoms. The second-order valence-electron chi connectivity index (χ2n) is 3.01. The fourth-order valence-electron chi connectivity index (χ4n) is 1.04. The van der Waals surface area contributed by atoms with E-state index in [1.165, 1.54) is 0 Å². The van der Waals surface area contributed by atoms with E-state index >= 15 is 0 Å². The summed E-state index contributed by atoms with van der Waals surface area (Å²) in [7, 11) is -5.11. The van der Waals surface area contributed by atoms with Crippen LogP contribution >= 0.6 is 7.60 Å². The van der Waals surface area contributed by atoms with E-state index in [1.54, 1.807) is 0 Å². The Hall–Kier alpha value is -1.44. The summed E-state index contributed by atoms with van der Waals surface area (Å²) in [6, 6.07) is 0. The highest BCUT2D eigenvalue weighted by Crippen LogP contribution is 2.52. The first kappa shape index (κ1) is 15.6. The van der Waals surface area contributed by atoms with Crippen LogP contribution < -0.4 is 0 Å². The minimum Gasteiger partial charge on any atom is -0.480 e. The molecule has 0 aliphatic carbocycles. The van der Waals surface area contributed by atoms with E-state index in [9.17, 15) is 18.9 Å². The molecule has 0 aliphatic heterocycles. The second-order valence-corrected chi connectivity index (χ2v) is 4.95. The van der Waals surface area contributed by atoms with Gasteiger partial charge in [-0.25, -0.2) is 0 Å². The Morgan fingerprint density at radius 3 is 2.12 bits per heavy atom. The molecule has 0 fully saturated rings. The van der Waals surface area contributed by atoms with E-state index in [0.717, 1.165) is 0 Å². The number of carboxylic acid groups (broad SMARTS) is 1. The van der Waals surface area contributed by atoms with Gasteiger partial charge in [0.2, 0.25) is 5.16 Å². The zero-order valence-electron chi connectivity index (χ0n) is 8.51. The summed E-state index contributed by atoms with van der Waals surface area (Å²) in [5.41, 5.74) is 0. The third-order valence-corrected chi connectivity index (χ3v) is 3.71. The van der Waals surface area contributed by atoms with Crippen molar-refractivity contribution in [3.8, 4) is 0 Å². The molecular weight excluding hydrogens is 259 g/mol. The lowest BCUT2D eigenvalue weighted by Gasteiger charge is -2.28. The van der Waals surface area contributed by atoms with E-state index in [2.05, 4.69) is 9.47 Å². The Morgan fingerprint density at radius 2 is 1.76 bits per heavy atom. The first-order valence-corrected chi connectivity index (χ1v) is 5.82. The molecule has 0 aromatic rings. The molecule has 98 valence electrons. The van der Waals surface area contributed by atoms with Crippen LogP contribution in [-0.4, -0.2) is 52.2 Å². The van der Waals surface area contributed by atoms with Gasteiger partial charge in [0.05, 0.1) is 6.61 Å². The van der Waals surface area contributed by atoms with Crippen molar-refractivity contribution in [1.29, 1.82) is 0 Å².